The Hall–Kier alpha value is -2.04. The van der Waals surface area contributed by atoms with Gasteiger partial charge in [0.25, 0.3) is 0 Å². The quantitative estimate of drug-likeness (QED) is 0.222. The van der Waals surface area contributed by atoms with E-state index in [1.807, 2.05) is 51.1 Å². The summed E-state index contributed by atoms with van der Waals surface area (Å²) in [5, 5.41) is 10.4. The Morgan fingerprint density at radius 1 is 1.24 bits per heavy atom. The number of aryl methyl sites for hydroxylation is 2. The van der Waals surface area contributed by atoms with Gasteiger partial charge in [0.2, 0.25) is 0 Å². The Balaban J connectivity index is 1.69. The first-order valence-corrected chi connectivity index (χ1v) is 13.7. The topological polar surface area (TPSA) is 65.0 Å². The number of aliphatic hydroxyl groups excluding tert-OH is 1. The fourth-order valence-corrected chi connectivity index (χ4v) is 5.84. The molecule has 2 aromatic rings. The van der Waals surface area contributed by atoms with Gasteiger partial charge in [-0.15, -0.1) is 0 Å². The maximum Gasteiger partial charge on any atom is 0.368 e. The summed E-state index contributed by atoms with van der Waals surface area (Å²) in [5.74, 6) is 0.992. The number of halogens is 1. The van der Waals surface area contributed by atoms with Crippen molar-refractivity contribution in [2.24, 2.45) is 0 Å². The van der Waals surface area contributed by atoms with Crippen molar-refractivity contribution in [1.29, 1.82) is 0 Å². The van der Waals surface area contributed by atoms with Crippen LogP contribution in [0.3, 0.4) is 0 Å². The molecule has 0 spiro atoms. The monoisotopic (exact) mass is 504 g/mol. The van der Waals surface area contributed by atoms with Crippen molar-refractivity contribution in [2.45, 2.75) is 60.0 Å². The first kappa shape index (κ1) is 26.6. The highest BCUT2D eigenvalue weighted by Crippen LogP contribution is 2.56. The summed E-state index contributed by atoms with van der Waals surface area (Å²) in [6.07, 6.45) is 3.73. The van der Waals surface area contributed by atoms with Gasteiger partial charge in [-0.1, -0.05) is 42.3 Å². The highest BCUT2D eigenvalue weighted by atomic mass is 35.5. The van der Waals surface area contributed by atoms with E-state index < -0.39 is 7.60 Å². The SMILES string of the molecule is CCC(/C=C(\C)Cc1c(C)cc(OCP2(=O)OCCC(c3cccc(Cl)c3)O2)cc1C)=C(/C)O. The van der Waals surface area contributed by atoms with E-state index in [-0.39, 0.29) is 12.5 Å². The zero-order valence-electron chi connectivity index (χ0n) is 20.6. The lowest BCUT2D eigenvalue weighted by Gasteiger charge is -2.30. The van der Waals surface area contributed by atoms with Crippen LogP contribution in [0.4, 0.5) is 0 Å². The lowest BCUT2D eigenvalue weighted by molar-refractivity contribution is 0.0725. The Labute approximate surface area is 207 Å². The number of ether oxygens (including phenoxy) is 1. The van der Waals surface area contributed by atoms with Crippen molar-refractivity contribution >= 4 is 19.2 Å². The minimum absolute atomic E-state index is 0.151. The molecule has 0 aromatic heterocycles. The molecule has 2 atom stereocenters. The van der Waals surface area contributed by atoms with Crippen molar-refractivity contribution in [3.63, 3.8) is 0 Å². The van der Waals surface area contributed by atoms with Crippen molar-refractivity contribution in [1.82, 2.24) is 0 Å². The van der Waals surface area contributed by atoms with Gasteiger partial charge in [0.05, 0.1) is 18.5 Å². The fourth-order valence-electron chi connectivity index (χ4n) is 4.14. The van der Waals surface area contributed by atoms with Crippen molar-refractivity contribution < 1.29 is 23.5 Å². The zero-order chi connectivity index (χ0) is 24.9. The summed E-state index contributed by atoms with van der Waals surface area (Å²) in [6.45, 7) is 10.2. The van der Waals surface area contributed by atoms with E-state index in [1.54, 1.807) is 13.0 Å². The van der Waals surface area contributed by atoms with Crippen LogP contribution in [0.2, 0.25) is 5.02 Å². The highest BCUT2D eigenvalue weighted by Gasteiger charge is 2.35. The molecule has 3 rings (SSSR count). The first-order chi connectivity index (χ1) is 16.1. The van der Waals surface area contributed by atoms with Crippen LogP contribution in [0.15, 0.2) is 59.4 Å². The molecule has 0 bridgehead atoms. The molecule has 1 fully saturated rings. The van der Waals surface area contributed by atoms with E-state index in [4.69, 9.17) is 25.4 Å². The zero-order valence-corrected chi connectivity index (χ0v) is 22.2. The smallest absolute Gasteiger partial charge is 0.368 e. The molecule has 5 nitrogen and oxygen atoms in total. The minimum atomic E-state index is -3.41. The molecule has 1 N–H and O–H groups in total. The van der Waals surface area contributed by atoms with E-state index in [0.29, 0.717) is 29.6 Å². The average Bonchev–Trinajstić information content (AvgIpc) is 2.78. The van der Waals surface area contributed by atoms with Crippen LogP contribution < -0.4 is 4.74 Å². The van der Waals surface area contributed by atoms with Crippen LogP contribution in [0.5, 0.6) is 5.75 Å². The normalized spacial score (nSPS) is 21.8. The summed E-state index contributed by atoms with van der Waals surface area (Å²) in [7, 11) is -3.41. The van der Waals surface area contributed by atoms with Crippen LogP contribution in [0.1, 0.15) is 62.0 Å². The third-order valence-electron chi connectivity index (χ3n) is 5.96. The van der Waals surface area contributed by atoms with Gasteiger partial charge < -0.3 is 14.4 Å². The fraction of sp³-hybridized carbons (Fsp3) is 0.407. The molecule has 7 heteroatoms. The predicted molar refractivity (Wildman–Crippen MR) is 138 cm³/mol. The standard InChI is InChI=1S/C27H34ClO5P/c1-6-22(21(5)29)12-18(2)13-26-19(3)14-25(15-20(26)4)31-17-34(30)32-11-10-27(33-34)23-8-7-9-24(28)16-23/h7-9,12,14-16,27,29H,6,10-11,13,17H2,1-5H3/b18-12+,22-21+. The molecular formula is C27H34ClO5P. The number of benzene rings is 2. The van der Waals surface area contributed by atoms with Gasteiger partial charge in [0.15, 0.2) is 6.35 Å². The molecule has 0 amide bonds. The number of hydrogen-bond acceptors (Lipinski definition) is 5. The van der Waals surface area contributed by atoms with Crippen molar-refractivity contribution in [3.8, 4) is 5.75 Å². The molecular weight excluding hydrogens is 471 g/mol. The molecule has 2 unspecified atom stereocenters. The van der Waals surface area contributed by atoms with Gasteiger partial charge in [-0.2, -0.15) is 0 Å². The maximum absolute atomic E-state index is 13.2. The van der Waals surface area contributed by atoms with Crippen LogP contribution in [-0.4, -0.2) is 18.1 Å². The summed E-state index contributed by atoms with van der Waals surface area (Å²) in [6, 6.07) is 11.3. The predicted octanol–water partition coefficient (Wildman–Crippen LogP) is 8.40. The van der Waals surface area contributed by atoms with Gasteiger partial charge in [0, 0.05) is 11.4 Å². The van der Waals surface area contributed by atoms with Gasteiger partial charge in [-0.25, -0.2) is 0 Å². The Morgan fingerprint density at radius 3 is 2.56 bits per heavy atom. The molecule has 1 heterocycles. The minimum Gasteiger partial charge on any atom is -0.512 e. The second-order valence-electron chi connectivity index (χ2n) is 8.82. The number of allylic oxidation sites excluding steroid dienone is 4. The third-order valence-corrected chi connectivity index (χ3v) is 7.79. The third kappa shape index (κ3) is 6.99. The van der Waals surface area contributed by atoms with Gasteiger partial charge in [-0.3, -0.25) is 9.09 Å². The molecule has 2 aromatic carbocycles. The second-order valence-corrected chi connectivity index (χ2v) is 11.2. The molecule has 0 aliphatic carbocycles. The van der Waals surface area contributed by atoms with E-state index in [1.165, 1.54) is 11.1 Å². The number of rotatable bonds is 8. The Morgan fingerprint density at radius 2 is 1.94 bits per heavy atom. The van der Waals surface area contributed by atoms with Crippen molar-refractivity contribution in [2.75, 3.05) is 13.0 Å². The maximum atomic E-state index is 13.2. The molecule has 184 valence electrons. The lowest BCUT2D eigenvalue weighted by Crippen LogP contribution is -2.17. The van der Waals surface area contributed by atoms with Gasteiger partial charge >= 0.3 is 7.60 Å². The molecule has 0 radical (unpaired) electrons. The van der Waals surface area contributed by atoms with Gasteiger partial charge in [-0.05, 0) is 92.6 Å². The van der Waals surface area contributed by atoms with Crippen LogP contribution in [0.25, 0.3) is 0 Å². The van der Waals surface area contributed by atoms with Crippen molar-refractivity contribution in [3.05, 3.63) is 86.7 Å². The molecule has 0 saturated carbocycles. The summed E-state index contributed by atoms with van der Waals surface area (Å²) < 4.78 is 30.5. The van der Waals surface area contributed by atoms with E-state index in [9.17, 15) is 9.67 Å². The average molecular weight is 505 g/mol. The first-order valence-electron chi connectivity index (χ1n) is 11.6. The Kier molecular flexibility index (Phi) is 9.06. The van der Waals surface area contributed by atoms with E-state index in [0.717, 1.165) is 35.1 Å². The Bertz CT molecular complexity index is 1110. The summed E-state index contributed by atoms with van der Waals surface area (Å²) in [4.78, 5) is 0. The number of aliphatic hydroxyl groups is 1. The van der Waals surface area contributed by atoms with Crippen LogP contribution in [0, 0.1) is 13.8 Å². The van der Waals surface area contributed by atoms with E-state index >= 15 is 0 Å². The summed E-state index contributed by atoms with van der Waals surface area (Å²) in [5.41, 5.74) is 6.39. The number of hydrogen-bond donors (Lipinski definition) is 1. The molecule has 34 heavy (non-hydrogen) atoms. The van der Waals surface area contributed by atoms with Gasteiger partial charge in [0.1, 0.15) is 5.75 Å². The van der Waals surface area contributed by atoms with Crippen LogP contribution >= 0.6 is 19.2 Å². The van der Waals surface area contributed by atoms with E-state index in [2.05, 4.69) is 13.0 Å². The van der Waals surface area contributed by atoms with Crippen LogP contribution in [-0.2, 0) is 20.0 Å². The largest absolute Gasteiger partial charge is 0.512 e. The summed E-state index contributed by atoms with van der Waals surface area (Å²) >= 11 is 6.10. The molecule has 1 saturated heterocycles. The molecule has 1 aliphatic heterocycles. The highest BCUT2D eigenvalue weighted by molar-refractivity contribution is 7.53. The molecule has 1 aliphatic rings. The second kappa shape index (κ2) is 11.6. The lowest BCUT2D eigenvalue weighted by atomic mass is 9.95.